The predicted molar refractivity (Wildman–Crippen MR) is 72.6 cm³/mol. The third-order valence-corrected chi connectivity index (χ3v) is 1.60. The van der Waals surface area contributed by atoms with E-state index in [9.17, 15) is 5.11 Å². The van der Waals surface area contributed by atoms with E-state index < -0.39 is 0 Å². The second-order valence-electron chi connectivity index (χ2n) is 2.39. The van der Waals surface area contributed by atoms with Gasteiger partial charge in [-0.1, -0.05) is 59.1 Å². The van der Waals surface area contributed by atoms with Crippen LogP contribution in [-0.2, 0) is 0 Å². The van der Waals surface area contributed by atoms with E-state index in [2.05, 4.69) is 13.2 Å². The fourth-order valence-corrected chi connectivity index (χ4v) is 1.02. The van der Waals surface area contributed by atoms with Gasteiger partial charge in [0.1, 0.15) is 11.5 Å². The van der Waals surface area contributed by atoms with Crippen LogP contribution in [0.15, 0.2) is 31.4 Å². The molecule has 0 saturated heterocycles. The van der Waals surface area contributed by atoms with Gasteiger partial charge in [-0.2, -0.15) is 0 Å². The minimum absolute atomic E-state index is 0.0687. The highest BCUT2D eigenvalue weighted by Gasteiger charge is 2.05. The molecule has 0 spiro atoms. The SMILES string of the molecule is C=Cc1c(O)cccc1C(=C)O.CC.CC. The van der Waals surface area contributed by atoms with Crippen molar-refractivity contribution in [2.75, 3.05) is 0 Å². The summed E-state index contributed by atoms with van der Waals surface area (Å²) in [7, 11) is 0. The molecule has 0 unspecified atom stereocenters. The van der Waals surface area contributed by atoms with Crippen molar-refractivity contribution in [2.24, 2.45) is 0 Å². The molecule has 0 heterocycles. The van der Waals surface area contributed by atoms with Crippen molar-refractivity contribution in [3.63, 3.8) is 0 Å². The summed E-state index contributed by atoms with van der Waals surface area (Å²) in [5.41, 5.74) is 1.01. The number of benzene rings is 1. The molecular formula is C14H22O2. The van der Waals surface area contributed by atoms with Crippen LogP contribution in [0.25, 0.3) is 11.8 Å². The lowest BCUT2D eigenvalue weighted by Crippen LogP contribution is -1.86. The Morgan fingerprint density at radius 1 is 1.19 bits per heavy atom. The van der Waals surface area contributed by atoms with E-state index in [0.29, 0.717) is 11.1 Å². The number of hydrogen-bond donors (Lipinski definition) is 2. The summed E-state index contributed by atoms with van der Waals surface area (Å²) < 4.78 is 0. The molecule has 16 heavy (non-hydrogen) atoms. The highest BCUT2D eigenvalue weighted by atomic mass is 16.3. The Morgan fingerprint density at radius 3 is 2.00 bits per heavy atom. The van der Waals surface area contributed by atoms with Crippen LogP contribution < -0.4 is 0 Å². The average molecular weight is 222 g/mol. The number of rotatable bonds is 2. The van der Waals surface area contributed by atoms with Gasteiger partial charge in [0.05, 0.1) is 0 Å². The monoisotopic (exact) mass is 222 g/mol. The number of phenols is 1. The van der Waals surface area contributed by atoms with Crippen LogP contribution in [0, 0.1) is 0 Å². The molecular weight excluding hydrogens is 200 g/mol. The lowest BCUT2D eigenvalue weighted by atomic mass is 10.1. The summed E-state index contributed by atoms with van der Waals surface area (Å²) in [6.45, 7) is 14.9. The summed E-state index contributed by atoms with van der Waals surface area (Å²) in [6.07, 6.45) is 1.48. The standard InChI is InChI=1S/C10H10O2.2C2H6/c1-3-8-9(7(2)11)5-4-6-10(8)12;2*1-2/h3-6,11-12H,1-2H2;2*1-2H3. The Morgan fingerprint density at radius 2 is 1.69 bits per heavy atom. The molecule has 1 aromatic rings. The molecule has 2 N–H and O–H groups in total. The van der Waals surface area contributed by atoms with E-state index in [1.54, 1.807) is 12.1 Å². The quantitative estimate of drug-likeness (QED) is 0.717. The fourth-order valence-electron chi connectivity index (χ4n) is 1.02. The molecule has 0 aromatic heterocycles. The minimum atomic E-state index is -0.0687. The zero-order valence-electron chi connectivity index (χ0n) is 10.6. The molecule has 1 aromatic carbocycles. The first-order chi connectivity index (χ1) is 7.66. The maximum absolute atomic E-state index is 9.32. The molecule has 2 nitrogen and oxygen atoms in total. The maximum Gasteiger partial charge on any atom is 0.123 e. The minimum Gasteiger partial charge on any atom is -0.508 e. The van der Waals surface area contributed by atoms with Crippen molar-refractivity contribution in [3.8, 4) is 5.75 Å². The lowest BCUT2D eigenvalue weighted by molar-refractivity contribution is 0.471. The Bertz CT molecular complexity index is 328. The van der Waals surface area contributed by atoms with Crippen molar-refractivity contribution in [2.45, 2.75) is 27.7 Å². The largest absolute Gasteiger partial charge is 0.508 e. The lowest BCUT2D eigenvalue weighted by Gasteiger charge is -2.05. The van der Waals surface area contributed by atoms with E-state index in [1.165, 1.54) is 12.1 Å². The van der Waals surface area contributed by atoms with Crippen LogP contribution in [0.4, 0.5) is 0 Å². The number of aliphatic hydroxyl groups excluding tert-OH is 1. The average Bonchev–Trinajstić information content (AvgIpc) is 2.33. The molecule has 0 amide bonds. The number of hydrogen-bond acceptors (Lipinski definition) is 2. The Balaban J connectivity index is 0. The summed E-state index contributed by atoms with van der Waals surface area (Å²) in [5, 5.41) is 18.4. The Labute approximate surface area is 98.6 Å². The fraction of sp³-hybridized carbons (Fsp3) is 0.286. The molecule has 2 heteroatoms. The molecule has 0 bridgehead atoms. The molecule has 0 aliphatic carbocycles. The normalized spacial score (nSPS) is 7.75. The van der Waals surface area contributed by atoms with E-state index in [-0.39, 0.29) is 11.5 Å². The number of phenolic OH excluding ortho intramolecular Hbond substituents is 1. The molecule has 1 rings (SSSR count). The van der Waals surface area contributed by atoms with E-state index in [4.69, 9.17) is 5.11 Å². The van der Waals surface area contributed by atoms with Crippen molar-refractivity contribution in [1.29, 1.82) is 0 Å². The molecule has 90 valence electrons. The summed E-state index contributed by atoms with van der Waals surface area (Å²) in [5.74, 6) is 0.0264. The van der Waals surface area contributed by atoms with Crippen molar-refractivity contribution >= 4 is 11.8 Å². The number of aliphatic hydroxyl groups is 1. The number of aromatic hydroxyl groups is 1. The topological polar surface area (TPSA) is 40.5 Å². The van der Waals surface area contributed by atoms with Crippen molar-refractivity contribution in [3.05, 3.63) is 42.5 Å². The first kappa shape index (κ1) is 16.7. The van der Waals surface area contributed by atoms with Crippen LogP contribution >= 0.6 is 0 Å². The van der Waals surface area contributed by atoms with Crippen LogP contribution in [0.2, 0.25) is 0 Å². The van der Waals surface area contributed by atoms with Gasteiger partial charge in [0.15, 0.2) is 0 Å². The second-order valence-corrected chi connectivity index (χ2v) is 2.39. The van der Waals surface area contributed by atoms with E-state index in [0.717, 1.165) is 0 Å². The van der Waals surface area contributed by atoms with Crippen molar-refractivity contribution in [1.82, 2.24) is 0 Å². The molecule has 0 atom stereocenters. The van der Waals surface area contributed by atoms with Crippen LogP contribution in [-0.4, -0.2) is 10.2 Å². The third-order valence-electron chi connectivity index (χ3n) is 1.60. The van der Waals surface area contributed by atoms with Gasteiger partial charge in [-0.15, -0.1) is 0 Å². The molecule has 0 radical (unpaired) electrons. The van der Waals surface area contributed by atoms with Crippen molar-refractivity contribution < 1.29 is 10.2 Å². The van der Waals surface area contributed by atoms with Gasteiger partial charge in [0.25, 0.3) is 0 Å². The zero-order chi connectivity index (χ0) is 13.1. The summed E-state index contributed by atoms with van der Waals surface area (Å²) in [6, 6.07) is 4.83. The van der Waals surface area contributed by atoms with E-state index in [1.807, 2.05) is 27.7 Å². The Hall–Kier alpha value is -1.70. The van der Waals surface area contributed by atoms with Gasteiger partial charge >= 0.3 is 0 Å². The highest BCUT2D eigenvalue weighted by molar-refractivity contribution is 5.71. The molecule has 0 aliphatic heterocycles. The summed E-state index contributed by atoms with van der Waals surface area (Å²) in [4.78, 5) is 0. The third kappa shape index (κ3) is 4.69. The second kappa shape index (κ2) is 9.84. The summed E-state index contributed by atoms with van der Waals surface area (Å²) >= 11 is 0. The van der Waals surface area contributed by atoms with Crippen LogP contribution in [0.5, 0.6) is 5.75 Å². The van der Waals surface area contributed by atoms with Gasteiger partial charge in [-0.25, -0.2) is 0 Å². The Kier molecular flexibility index (Phi) is 10.3. The molecule has 0 saturated carbocycles. The van der Waals surface area contributed by atoms with Gasteiger partial charge in [-0.3, -0.25) is 0 Å². The van der Waals surface area contributed by atoms with E-state index >= 15 is 0 Å². The van der Waals surface area contributed by atoms with Crippen LogP contribution in [0.1, 0.15) is 38.8 Å². The molecule has 0 fully saturated rings. The van der Waals surface area contributed by atoms with Gasteiger partial charge in [-0.05, 0) is 6.07 Å². The first-order valence-electron chi connectivity index (χ1n) is 5.49. The first-order valence-corrected chi connectivity index (χ1v) is 5.49. The highest BCUT2D eigenvalue weighted by Crippen LogP contribution is 2.25. The van der Waals surface area contributed by atoms with Gasteiger partial charge in [0.2, 0.25) is 0 Å². The molecule has 0 aliphatic rings. The van der Waals surface area contributed by atoms with Crippen LogP contribution in [0.3, 0.4) is 0 Å². The smallest absolute Gasteiger partial charge is 0.123 e. The zero-order valence-corrected chi connectivity index (χ0v) is 10.6. The van der Waals surface area contributed by atoms with Gasteiger partial charge in [0, 0.05) is 11.1 Å². The predicted octanol–water partition coefficient (Wildman–Crippen LogP) is 4.62. The maximum atomic E-state index is 9.32. The van der Waals surface area contributed by atoms with Gasteiger partial charge < -0.3 is 10.2 Å².